The van der Waals surface area contributed by atoms with Crippen LogP contribution in [-0.2, 0) is 38.0 Å². The van der Waals surface area contributed by atoms with Crippen LogP contribution in [0.2, 0.25) is 5.28 Å². The zero-order chi connectivity index (χ0) is 37.2. The molecule has 0 saturated carbocycles. The molecule has 2 amide bonds. The highest BCUT2D eigenvalue weighted by Crippen LogP contribution is 2.47. The molecule has 16 nitrogen and oxygen atoms in total. The number of halogens is 1. The number of amides is 2. The number of carbonyl (C=O) groups excluding carboxylic acids is 4. The summed E-state index contributed by atoms with van der Waals surface area (Å²) in [6, 6.07) is 0. The summed E-state index contributed by atoms with van der Waals surface area (Å²) in [7, 11) is 0. The van der Waals surface area contributed by atoms with Gasteiger partial charge < -0.3 is 28.4 Å². The quantitative estimate of drug-likeness (QED) is 0.118. The minimum atomic E-state index is -1.34. The molecule has 1 saturated heterocycles. The molecule has 3 aromatic heterocycles. The summed E-state index contributed by atoms with van der Waals surface area (Å²) in [6.07, 6.45) is 0.580. The molecule has 270 valence electrons. The maximum atomic E-state index is 13.5. The number of terminal acetylenes is 1. The fraction of sp³-hybridized carbons (Fsp3) is 0.562. The van der Waals surface area contributed by atoms with E-state index in [0.29, 0.717) is 10.6 Å². The first kappa shape index (κ1) is 38.4. The highest BCUT2D eigenvalue weighted by atomic mass is 35.5. The number of carbonyl (C=O) groups is 4. The molecule has 0 aliphatic carbocycles. The first-order chi connectivity index (χ1) is 23.3. The Hall–Kier alpha value is -4.37. The van der Waals surface area contributed by atoms with Gasteiger partial charge in [-0.1, -0.05) is 5.92 Å². The highest BCUT2D eigenvalue weighted by molar-refractivity contribution is 7.07. The number of aromatic nitrogens is 5. The van der Waals surface area contributed by atoms with Gasteiger partial charge in [-0.2, -0.15) is 14.9 Å². The van der Waals surface area contributed by atoms with Crippen molar-refractivity contribution in [1.82, 2.24) is 24.5 Å². The molecule has 1 aliphatic heterocycles. The molecule has 0 bridgehead atoms. The highest BCUT2D eigenvalue weighted by Gasteiger charge is 2.56. The second-order valence-corrected chi connectivity index (χ2v) is 14.3. The number of anilines is 1. The van der Waals surface area contributed by atoms with Crippen LogP contribution in [0.25, 0.3) is 11.2 Å². The van der Waals surface area contributed by atoms with Gasteiger partial charge in [0.25, 0.3) is 0 Å². The average Bonchev–Trinajstić information content (AvgIpc) is 3.71. The molecule has 4 rings (SSSR count). The molecule has 1 aliphatic rings. The number of rotatable bonds is 9. The summed E-state index contributed by atoms with van der Waals surface area (Å²) in [5.41, 5.74) is -1.58. The molecule has 0 aromatic carbocycles. The fourth-order valence-electron chi connectivity index (χ4n) is 4.93. The number of thiazole rings is 1. The molecule has 0 spiro atoms. The number of ether oxygens (including phenoxy) is 6. The van der Waals surface area contributed by atoms with Crippen molar-refractivity contribution in [3.63, 3.8) is 0 Å². The van der Waals surface area contributed by atoms with Crippen LogP contribution in [0.1, 0.15) is 80.3 Å². The SMILES string of the molecule is C#C[C@@]1(C)[C@@H](COC(C(=O)OCC)c2cscn2)O[C@@H](n2cnc3c(N(C(=O)OC(C)(C)C)C(=O)OC(C)(C)C)nc(Cl)nc32)[C@@H]1OC(C)=O. The Morgan fingerprint density at radius 2 is 1.76 bits per heavy atom. The van der Waals surface area contributed by atoms with E-state index in [1.54, 1.807) is 66.3 Å². The first-order valence-electron chi connectivity index (χ1n) is 15.4. The summed E-state index contributed by atoms with van der Waals surface area (Å²) in [5.74, 6) is 1.00. The topological polar surface area (TPSA) is 183 Å². The lowest BCUT2D eigenvalue weighted by molar-refractivity contribution is -0.162. The number of imidazole rings is 1. The third-order valence-electron chi connectivity index (χ3n) is 7.08. The summed E-state index contributed by atoms with van der Waals surface area (Å²) in [5, 5.41) is 1.27. The van der Waals surface area contributed by atoms with Crippen LogP contribution in [0.15, 0.2) is 17.2 Å². The minimum Gasteiger partial charge on any atom is -0.464 e. The Labute approximate surface area is 297 Å². The maximum absolute atomic E-state index is 13.5. The van der Waals surface area contributed by atoms with E-state index in [2.05, 4.69) is 25.9 Å². The lowest BCUT2D eigenvalue weighted by Gasteiger charge is -2.30. The molecular formula is C32H39ClN6O10S. The van der Waals surface area contributed by atoms with Crippen LogP contribution in [0.5, 0.6) is 0 Å². The number of imide groups is 1. The van der Waals surface area contributed by atoms with E-state index < -0.39 is 65.3 Å². The zero-order valence-electron chi connectivity index (χ0n) is 29.1. The average molecular weight is 735 g/mol. The van der Waals surface area contributed by atoms with Crippen LogP contribution < -0.4 is 4.90 Å². The van der Waals surface area contributed by atoms with Crippen molar-refractivity contribution in [3.05, 3.63) is 28.2 Å². The molecule has 1 unspecified atom stereocenters. The molecule has 1 fully saturated rings. The standard InChI is InChI=1S/C32H39ClN6O10S/c1-11-32(10)19(13-45-21(26(41)44-12-2)18-14-50-16-35-18)47-25(22(32)46-17(3)40)38-15-34-20-23(38)36-27(33)37-24(20)39(28(42)48-30(4,5)6)29(43)49-31(7,8)9/h1,14-16,19,21-22,25H,12-13H2,2-10H3/t19-,21?,22+,25-,32+/m1/s1. The number of esters is 2. The second-order valence-electron chi connectivity index (χ2n) is 13.3. The Balaban J connectivity index is 1.80. The molecular weight excluding hydrogens is 696 g/mol. The van der Waals surface area contributed by atoms with Crippen molar-refractivity contribution in [3.8, 4) is 12.3 Å². The summed E-state index contributed by atoms with van der Waals surface area (Å²) < 4.78 is 35.7. The minimum absolute atomic E-state index is 0.0212. The van der Waals surface area contributed by atoms with E-state index in [9.17, 15) is 19.2 Å². The smallest absolute Gasteiger partial charge is 0.425 e. The first-order valence-corrected chi connectivity index (χ1v) is 16.7. The second kappa shape index (κ2) is 14.9. The van der Waals surface area contributed by atoms with Crippen LogP contribution in [-0.4, -0.2) is 85.3 Å². The lowest BCUT2D eigenvalue weighted by Crippen LogP contribution is -2.44. The van der Waals surface area contributed by atoms with Gasteiger partial charge in [-0.05, 0) is 67.0 Å². The molecule has 18 heteroatoms. The maximum Gasteiger partial charge on any atom is 0.425 e. The fourth-order valence-corrected chi connectivity index (χ4v) is 5.65. The predicted octanol–water partition coefficient (Wildman–Crippen LogP) is 5.40. The third kappa shape index (κ3) is 8.49. The van der Waals surface area contributed by atoms with Crippen molar-refractivity contribution in [2.75, 3.05) is 18.1 Å². The normalized spacial score (nSPS) is 21.3. The van der Waals surface area contributed by atoms with Gasteiger partial charge in [-0.15, -0.1) is 17.8 Å². The van der Waals surface area contributed by atoms with Crippen LogP contribution in [0.4, 0.5) is 15.4 Å². The molecule has 0 N–H and O–H groups in total. The Morgan fingerprint density at radius 3 is 2.28 bits per heavy atom. The van der Waals surface area contributed by atoms with Crippen molar-refractivity contribution in [2.45, 2.75) is 98.1 Å². The number of hydrogen-bond donors (Lipinski definition) is 0. The molecule has 50 heavy (non-hydrogen) atoms. The Morgan fingerprint density at radius 1 is 1.12 bits per heavy atom. The van der Waals surface area contributed by atoms with Crippen molar-refractivity contribution in [2.24, 2.45) is 5.41 Å². The van der Waals surface area contributed by atoms with E-state index in [4.69, 9.17) is 46.4 Å². The number of fused-ring (bicyclic) bond motifs is 1. The summed E-state index contributed by atoms with van der Waals surface area (Å²) in [6.45, 7) is 14.1. The zero-order valence-corrected chi connectivity index (χ0v) is 30.7. The monoisotopic (exact) mass is 734 g/mol. The van der Waals surface area contributed by atoms with E-state index in [-0.39, 0.29) is 35.5 Å². The van der Waals surface area contributed by atoms with Gasteiger partial charge in [0.05, 0.1) is 36.2 Å². The largest absolute Gasteiger partial charge is 0.464 e. The van der Waals surface area contributed by atoms with Crippen LogP contribution in [0.3, 0.4) is 0 Å². The van der Waals surface area contributed by atoms with E-state index >= 15 is 0 Å². The summed E-state index contributed by atoms with van der Waals surface area (Å²) in [4.78, 5) is 69.8. The van der Waals surface area contributed by atoms with E-state index in [1.165, 1.54) is 29.2 Å². The van der Waals surface area contributed by atoms with Gasteiger partial charge in [0.1, 0.15) is 17.3 Å². The van der Waals surface area contributed by atoms with Crippen LogP contribution in [0, 0.1) is 17.8 Å². The van der Waals surface area contributed by atoms with Gasteiger partial charge in [0.2, 0.25) is 5.28 Å². The van der Waals surface area contributed by atoms with E-state index in [1.807, 2.05) is 0 Å². The van der Waals surface area contributed by atoms with Gasteiger partial charge in [0, 0.05) is 12.3 Å². The van der Waals surface area contributed by atoms with Crippen molar-refractivity contribution in [1.29, 1.82) is 0 Å². The lowest BCUT2D eigenvalue weighted by atomic mass is 9.81. The van der Waals surface area contributed by atoms with Crippen molar-refractivity contribution < 1.29 is 47.6 Å². The molecule has 5 atom stereocenters. The molecule has 3 aromatic rings. The summed E-state index contributed by atoms with van der Waals surface area (Å²) >= 11 is 7.65. The van der Waals surface area contributed by atoms with Gasteiger partial charge in [0.15, 0.2) is 35.4 Å². The number of nitrogens with zero attached hydrogens (tertiary/aromatic N) is 6. The van der Waals surface area contributed by atoms with Gasteiger partial charge in [-0.25, -0.2) is 24.4 Å². The van der Waals surface area contributed by atoms with Gasteiger partial charge >= 0.3 is 24.1 Å². The van der Waals surface area contributed by atoms with E-state index in [0.717, 1.165) is 0 Å². The van der Waals surface area contributed by atoms with Crippen molar-refractivity contribution >= 4 is 64.0 Å². The third-order valence-corrected chi connectivity index (χ3v) is 7.85. The predicted molar refractivity (Wildman–Crippen MR) is 179 cm³/mol. The van der Waals surface area contributed by atoms with Crippen LogP contribution >= 0.6 is 22.9 Å². The van der Waals surface area contributed by atoms with Gasteiger partial charge in [-0.3, -0.25) is 9.36 Å². The Kier molecular flexibility index (Phi) is 11.4. The molecule has 4 heterocycles. The Bertz CT molecular complexity index is 1750. The molecule has 0 radical (unpaired) electrons. The number of hydrogen-bond acceptors (Lipinski definition) is 15.